The normalized spacial score (nSPS) is 10.4. The van der Waals surface area contributed by atoms with Crippen LogP contribution in [0.4, 0.5) is 0 Å². The zero-order valence-corrected chi connectivity index (χ0v) is 12.8. The van der Waals surface area contributed by atoms with Crippen LogP contribution in [0.5, 0.6) is 0 Å². The fourth-order valence-corrected chi connectivity index (χ4v) is 3.21. The molecule has 1 rings (SSSR count). The maximum Gasteiger partial charge on any atom is 0.500 e. The van der Waals surface area contributed by atoms with Crippen molar-refractivity contribution in [2.75, 3.05) is 21.3 Å². The zero-order chi connectivity index (χ0) is 13.9. The highest BCUT2D eigenvalue weighted by Gasteiger charge is 2.36. The van der Waals surface area contributed by atoms with Crippen molar-refractivity contribution in [1.82, 2.24) is 0 Å². The van der Waals surface area contributed by atoms with Crippen LogP contribution >= 0.6 is 0 Å². The van der Waals surface area contributed by atoms with E-state index in [0.717, 1.165) is 12.5 Å². The number of benzene rings is 1. The van der Waals surface area contributed by atoms with E-state index in [-0.39, 0.29) is 0 Å². The summed E-state index contributed by atoms with van der Waals surface area (Å²) in [4.78, 5) is 0. The molecule has 0 unspecified atom stereocenters. The van der Waals surface area contributed by atoms with Gasteiger partial charge in [-0.05, 0) is 18.9 Å². The quantitative estimate of drug-likeness (QED) is 0.585. The van der Waals surface area contributed by atoms with Crippen LogP contribution in [-0.4, -0.2) is 30.1 Å². The molecule has 102 valence electrons. The van der Waals surface area contributed by atoms with E-state index < -0.39 is 8.80 Å². The molecule has 0 aliphatic rings. The highest BCUT2D eigenvalue weighted by Crippen LogP contribution is 2.16. The van der Waals surface area contributed by atoms with E-state index in [0.29, 0.717) is 0 Å². The van der Waals surface area contributed by atoms with Gasteiger partial charge in [-0.1, -0.05) is 36.4 Å². The maximum atomic E-state index is 5.35. The first-order chi connectivity index (χ1) is 8.67. The number of hydrogen-bond donors (Lipinski definition) is 0. The molecule has 0 atom stereocenters. The average Bonchev–Trinajstić information content (AvgIpc) is 2.43. The largest absolute Gasteiger partial charge is 0.500 e. The van der Waals surface area contributed by atoms with E-state index in [9.17, 15) is 0 Å². The van der Waals surface area contributed by atoms with Gasteiger partial charge in [0.2, 0.25) is 0 Å². The molecular weight excluding hydrogens is 244 g/mol. The minimum absolute atomic E-state index is 0.806. The van der Waals surface area contributed by atoms with Gasteiger partial charge < -0.3 is 13.3 Å². The van der Waals surface area contributed by atoms with Crippen LogP contribution in [-0.2, 0) is 19.7 Å². The van der Waals surface area contributed by atoms with Crippen molar-refractivity contribution in [2.24, 2.45) is 0 Å². The summed E-state index contributed by atoms with van der Waals surface area (Å²) in [6, 6.07) is 11.1. The average molecular weight is 268 g/mol. The summed E-state index contributed by atoms with van der Waals surface area (Å²) in [5.41, 5.74) is 1.28. The number of aryl methyl sites for hydroxylation is 1. The Kier molecular flexibility index (Phi) is 9.50. The minimum atomic E-state index is -2.40. The fourth-order valence-electron chi connectivity index (χ4n) is 1.50. The van der Waals surface area contributed by atoms with Gasteiger partial charge in [-0.3, -0.25) is 0 Å². The van der Waals surface area contributed by atoms with Crippen LogP contribution in [0.2, 0.25) is 6.04 Å². The lowest BCUT2D eigenvalue weighted by Gasteiger charge is -2.24. The Hall–Kier alpha value is -0.943. The second-order valence-electron chi connectivity index (χ2n) is 3.69. The van der Waals surface area contributed by atoms with Crippen molar-refractivity contribution in [2.45, 2.75) is 19.4 Å². The highest BCUT2D eigenvalue weighted by molar-refractivity contribution is 6.60. The van der Waals surface area contributed by atoms with Gasteiger partial charge in [0.25, 0.3) is 0 Å². The van der Waals surface area contributed by atoms with Crippen LogP contribution in [0.15, 0.2) is 43.0 Å². The van der Waals surface area contributed by atoms with E-state index in [1.54, 1.807) is 27.4 Å². The molecule has 0 fully saturated rings. The van der Waals surface area contributed by atoms with Gasteiger partial charge in [0.05, 0.1) is 0 Å². The van der Waals surface area contributed by atoms with Gasteiger partial charge in [0, 0.05) is 27.4 Å². The first kappa shape index (κ1) is 17.1. The smallest absolute Gasteiger partial charge is 0.377 e. The Labute approximate surface area is 112 Å². The van der Waals surface area contributed by atoms with Crippen LogP contribution in [0, 0.1) is 0 Å². The number of rotatable bonds is 6. The molecule has 0 N–H and O–H groups in total. The van der Waals surface area contributed by atoms with Gasteiger partial charge in [-0.2, -0.15) is 0 Å². The Balaban J connectivity index is 0.000000873. The van der Waals surface area contributed by atoms with Crippen molar-refractivity contribution in [1.29, 1.82) is 0 Å². The third kappa shape index (κ3) is 6.12. The van der Waals surface area contributed by atoms with E-state index in [2.05, 4.69) is 18.7 Å². The van der Waals surface area contributed by atoms with E-state index in [1.807, 2.05) is 25.1 Å². The molecule has 18 heavy (non-hydrogen) atoms. The Morgan fingerprint density at radius 3 is 1.89 bits per heavy atom. The molecule has 0 saturated heterocycles. The van der Waals surface area contributed by atoms with Crippen LogP contribution < -0.4 is 0 Å². The standard InChI is InChI=1S/C11H18O3Si.C3H6/c1-12-15(13-2,14-3)10-9-11-7-5-4-6-8-11;1-3-2/h4-8H,9-10H2,1-3H3;3H,1H2,2H3. The fraction of sp³-hybridized carbons (Fsp3) is 0.429. The second-order valence-corrected chi connectivity index (χ2v) is 6.78. The number of allylic oxidation sites excluding steroid dienone is 1. The summed E-state index contributed by atoms with van der Waals surface area (Å²) < 4.78 is 16.1. The van der Waals surface area contributed by atoms with Crippen molar-refractivity contribution < 1.29 is 13.3 Å². The summed E-state index contributed by atoms with van der Waals surface area (Å²) in [7, 11) is 2.53. The van der Waals surface area contributed by atoms with Gasteiger partial charge in [-0.25, -0.2) is 0 Å². The van der Waals surface area contributed by atoms with Gasteiger partial charge in [0.1, 0.15) is 0 Å². The Morgan fingerprint density at radius 1 is 1.06 bits per heavy atom. The Morgan fingerprint density at radius 2 is 1.50 bits per heavy atom. The molecule has 1 aromatic carbocycles. The molecule has 0 aliphatic heterocycles. The van der Waals surface area contributed by atoms with Crippen molar-refractivity contribution >= 4 is 8.80 Å². The summed E-state index contributed by atoms with van der Waals surface area (Å²) in [5, 5.41) is 0. The lowest BCUT2D eigenvalue weighted by molar-refractivity contribution is 0.123. The first-order valence-electron chi connectivity index (χ1n) is 5.94. The third-order valence-corrected chi connectivity index (χ3v) is 5.22. The topological polar surface area (TPSA) is 27.7 Å². The molecule has 0 amide bonds. The van der Waals surface area contributed by atoms with Gasteiger partial charge >= 0.3 is 8.80 Å². The van der Waals surface area contributed by atoms with Gasteiger partial charge in [-0.15, -0.1) is 6.58 Å². The molecule has 0 radical (unpaired) electrons. The maximum absolute atomic E-state index is 5.35. The summed E-state index contributed by atoms with van der Waals surface area (Å²) in [5.74, 6) is 0. The summed E-state index contributed by atoms with van der Waals surface area (Å²) in [6.45, 7) is 5.25. The van der Waals surface area contributed by atoms with Crippen LogP contribution in [0.3, 0.4) is 0 Å². The molecule has 0 aromatic heterocycles. The summed E-state index contributed by atoms with van der Waals surface area (Å²) in [6.07, 6.45) is 2.67. The second kappa shape index (κ2) is 10.0. The molecule has 0 saturated carbocycles. The molecule has 0 aliphatic carbocycles. The SMILES string of the molecule is C=CC.CO[Si](CCc1ccccc1)(OC)OC. The van der Waals surface area contributed by atoms with E-state index in [4.69, 9.17) is 13.3 Å². The predicted octanol–water partition coefficient (Wildman–Crippen LogP) is 3.30. The summed E-state index contributed by atoms with van der Waals surface area (Å²) >= 11 is 0. The number of hydrogen-bond acceptors (Lipinski definition) is 3. The lowest BCUT2D eigenvalue weighted by atomic mass is 10.2. The third-order valence-electron chi connectivity index (χ3n) is 2.50. The van der Waals surface area contributed by atoms with Crippen LogP contribution in [0.25, 0.3) is 0 Å². The molecule has 0 bridgehead atoms. The lowest BCUT2D eigenvalue weighted by Crippen LogP contribution is -2.43. The van der Waals surface area contributed by atoms with E-state index in [1.165, 1.54) is 5.56 Å². The molecule has 0 heterocycles. The molecule has 3 nitrogen and oxygen atoms in total. The van der Waals surface area contributed by atoms with Crippen molar-refractivity contribution in [3.05, 3.63) is 48.6 Å². The molecule has 1 aromatic rings. The predicted molar refractivity (Wildman–Crippen MR) is 77.6 cm³/mol. The van der Waals surface area contributed by atoms with Crippen molar-refractivity contribution in [3.8, 4) is 0 Å². The van der Waals surface area contributed by atoms with E-state index >= 15 is 0 Å². The first-order valence-corrected chi connectivity index (χ1v) is 7.87. The van der Waals surface area contributed by atoms with Crippen molar-refractivity contribution in [3.63, 3.8) is 0 Å². The highest BCUT2D eigenvalue weighted by atomic mass is 28.4. The van der Waals surface area contributed by atoms with Crippen LogP contribution in [0.1, 0.15) is 12.5 Å². The molecule has 4 heteroatoms. The van der Waals surface area contributed by atoms with Gasteiger partial charge in [0.15, 0.2) is 0 Å². The zero-order valence-electron chi connectivity index (χ0n) is 11.8. The minimum Gasteiger partial charge on any atom is -0.377 e. The monoisotopic (exact) mass is 268 g/mol. The Bertz CT molecular complexity index is 302. The molecule has 0 spiro atoms. The molecular formula is C14H24O3Si.